The first-order valence-corrected chi connectivity index (χ1v) is 5.59. The second-order valence-corrected chi connectivity index (χ2v) is 4.34. The van der Waals surface area contributed by atoms with Crippen LogP contribution < -0.4 is 0 Å². The Morgan fingerprint density at radius 2 is 2.38 bits per heavy atom. The van der Waals surface area contributed by atoms with Gasteiger partial charge in [0.15, 0.2) is 0 Å². The molecule has 1 aromatic heterocycles. The molecule has 2 atom stereocenters. The minimum Gasteiger partial charge on any atom is -0.261 e. The normalized spacial score (nSPS) is 26.5. The average Bonchev–Trinajstić information content (AvgIpc) is 2.67. The van der Waals surface area contributed by atoms with Crippen LogP contribution in [0, 0.1) is 0 Å². The van der Waals surface area contributed by atoms with Gasteiger partial charge < -0.3 is 0 Å². The van der Waals surface area contributed by atoms with Gasteiger partial charge in [0.05, 0.1) is 0 Å². The van der Waals surface area contributed by atoms with Gasteiger partial charge in [0.1, 0.15) is 0 Å². The van der Waals surface area contributed by atoms with Crippen molar-refractivity contribution in [1.82, 2.24) is 4.98 Å². The van der Waals surface area contributed by atoms with Crippen LogP contribution in [0.2, 0.25) is 0 Å². The summed E-state index contributed by atoms with van der Waals surface area (Å²) >= 11 is 1.92. The maximum atomic E-state index is 4.39. The Bertz CT molecular complexity index is 294. The molecule has 0 aliphatic carbocycles. The van der Waals surface area contributed by atoms with E-state index >= 15 is 0 Å². The fraction of sp³-hybridized carbons (Fsp3) is 0.364. The summed E-state index contributed by atoms with van der Waals surface area (Å²) in [7, 11) is 0. The number of thioether (sulfide) groups is 1. The quantitative estimate of drug-likeness (QED) is 0.712. The number of hydrogen-bond donors (Lipinski definition) is 0. The Labute approximate surface area is 83.3 Å². The Balaban J connectivity index is 2.21. The van der Waals surface area contributed by atoms with Gasteiger partial charge in [0.2, 0.25) is 0 Å². The lowest BCUT2D eigenvalue weighted by Crippen LogP contribution is -2.09. The third kappa shape index (κ3) is 1.78. The van der Waals surface area contributed by atoms with Crippen LogP contribution >= 0.6 is 11.8 Å². The first-order chi connectivity index (χ1) is 6.42. The van der Waals surface area contributed by atoms with Gasteiger partial charge in [0.25, 0.3) is 0 Å². The molecule has 1 nitrogen and oxygen atoms in total. The van der Waals surface area contributed by atoms with Crippen LogP contribution in [0.5, 0.6) is 0 Å². The van der Waals surface area contributed by atoms with Crippen LogP contribution in [0.15, 0.2) is 35.9 Å². The van der Waals surface area contributed by atoms with E-state index in [4.69, 9.17) is 0 Å². The van der Waals surface area contributed by atoms with E-state index in [-0.39, 0.29) is 0 Å². The van der Waals surface area contributed by atoms with Crippen LogP contribution in [0.25, 0.3) is 0 Å². The minimum absolute atomic E-state index is 0.524. The second-order valence-electron chi connectivity index (χ2n) is 3.19. The molecule has 2 heterocycles. The minimum atomic E-state index is 0.524. The van der Waals surface area contributed by atoms with Crippen LogP contribution in [-0.2, 0) is 0 Å². The Morgan fingerprint density at radius 1 is 1.46 bits per heavy atom. The topological polar surface area (TPSA) is 12.9 Å². The summed E-state index contributed by atoms with van der Waals surface area (Å²) in [5, 5.41) is 2.89. The van der Waals surface area contributed by atoms with Gasteiger partial charge >= 0.3 is 0 Å². The molecule has 0 bridgehead atoms. The predicted molar refractivity (Wildman–Crippen MR) is 57.8 cm³/mol. The van der Waals surface area contributed by atoms with Crippen LogP contribution in [0.4, 0.5) is 0 Å². The first-order valence-electron chi connectivity index (χ1n) is 4.65. The number of rotatable bonds is 2. The highest BCUT2D eigenvalue weighted by atomic mass is 32.2. The van der Waals surface area contributed by atoms with Gasteiger partial charge in [0, 0.05) is 23.1 Å². The molecule has 0 spiro atoms. The first kappa shape index (κ1) is 8.82. The lowest BCUT2D eigenvalue weighted by molar-refractivity contribution is 0.729. The monoisotopic (exact) mass is 191 g/mol. The molecule has 0 N–H and O–H groups in total. The van der Waals surface area contributed by atoms with Gasteiger partial charge in [-0.3, -0.25) is 4.98 Å². The van der Waals surface area contributed by atoms with Gasteiger partial charge in [-0.05, 0) is 24.0 Å². The van der Waals surface area contributed by atoms with E-state index in [1.54, 1.807) is 0 Å². The third-order valence-corrected chi connectivity index (χ3v) is 3.66. The average molecular weight is 191 g/mol. The fourth-order valence-corrected chi connectivity index (χ4v) is 2.71. The highest BCUT2D eigenvalue weighted by molar-refractivity contribution is 8.03. The largest absolute Gasteiger partial charge is 0.261 e. The molecule has 68 valence electrons. The predicted octanol–water partition coefficient (Wildman–Crippen LogP) is 3.20. The molecule has 2 unspecified atom stereocenters. The molecule has 0 radical (unpaired) electrons. The van der Waals surface area contributed by atoms with Crippen LogP contribution in [0.1, 0.15) is 25.0 Å². The number of hydrogen-bond acceptors (Lipinski definition) is 2. The van der Waals surface area contributed by atoms with Crippen LogP contribution in [-0.4, -0.2) is 10.2 Å². The lowest BCUT2D eigenvalue weighted by atomic mass is 9.99. The highest BCUT2D eigenvalue weighted by Crippen LogP contribution is 2.37. The maximum absolute atomic E-state index is 4.39. The van der Waals surface area contributed by atoms with E-state index in [2.05, 4.69) is 35.5 Å². The van der Waals surface area contributed by atoms with Crippen molar-refractivity contribution < 1.29 is 0 Å². The van der Waals surface area contributed by atoms with Crippen molar-refractivity contribution in [3.63, 3.8) is 0 Å². The summed E-state index contributed by atoms with van der Waals surface area (Å²) in [4.78, 5) is 4.39. The Morgan fingerprint density at radius 3 is 3.08 bits per heavy atom. The maximum Gasteiger partial charge on any atom is 0.0483 e. The molecule has 2 heteroatoms. The van der Waals surface area contributed by atoms with E-state index in [0.717, 1.165) is 0 Å². The van der Waals surface area contributed by atoms with Gasteiger partial charge in [-0.25, -0.2) is 0 Å². The zero-order valence-corrected chi connectivity index (χ0v) is 8.50. The van der Waals surface area contributed by atoms with Crippen molar-refractivity contribution in [3.05, 3.63) is 41.6 Å². The zero-order valence-electron chi connectivity index (χ0n) is 7.68. The number of nitrogens with zero attached hydrogens (tertiary/aromatic N) is 1. The molecule has 0 aromatic carbocycles. The number of allylic oxidation sites excluding steroid dienone is 1. The Kier molecular flexibility index (Phi) is 2.69. The van der Waals surface area contributed by atoms with Gasteiger partial charge in [-0.15, -0.1) is 11.8 Å². The summed E-state index contributed by atoms with van der Waals surface area (Å²) in [5.74, 6) is 0.524. The number of aromatic nitrogens is 1. The molecule has 13 heavy (non-hydrogen) atoms. The smallest absolute Gasteiger partial charge is 0.0483 e. The molecule has 1 aromatic rings. The van der Waals surface area contributed by atoms with E-state index < -0.39 is 0 Å². The molecule has 1 aliphatic rings. The molecule has 0 saturated heterocycles. The lowest BCUT2D eigenvalue weighted by Gasteiger charge is -2.15. The number of pyridine rings is 1. The molecule has 2 rings (SSSR count). The van der Waals surface area contributed by atoms with E-state index in [1.807, 2.05) is 24.0 Å². The van der Waals surface area contributed by atoms with Crippen molar-refractivity contribution in [2.75, 3.05) is 0 Å². The van der Waals surface area contributed by atoms with Crippen molar-refractivity contribution in [2.45, 2.75) is 24.5 Å². The SMILES string of the molecule is CCC1SC=CC1c1ccccn1. The van der Waals surface area contributed by atoms with Crippen LogP contribution in [0.3, 0.4) is 0 Å². The summed E-state index contributed by atoms with van der Waals surface area (Å²) < 4.78 is 0. The molecule has 0 amide bonds. The fourth-order valence-electron chi connectivity index (χ4n) is 1.65. The summed E-state index contributed by atoms with van der Waals surface area (Å²) in [5.41, 5.74) is 1.20. The molecule has 1 aliphatic heterocycles. The third-order valence-electron chi connectivity index (χ3n) is 2.37. The molecule has 0 fully saturated rings. The standard InChI is InChI=1S/C11H13NS/c1-2-11-9(6-8-13-11)10-5-3-4-7-12-10/h3-9,11H,2H2,1H3. The summed E-state index contributed by atoms with van der Waals surface area (Å²) in [6, 6.07) is 6.14. The Hall–Kier alpha value is -0.760. The zero-order chi connectivity index (χ0) is 9.10. The summed E-state index contributed by atoms with van der Waals surface area (Å²) in [6.45, 7) is 2.24. The van der Waals surface area contributed by atoms with E-state index in [9.17, 15) is 0 Å². The van der Waals surface area contributed by atoms with Crippen molar-refractivity contribution in [1.29, 1.82) is 0 Å². The molecular weight excluding hydrogens is 178 g/mol. The van der Waals surface area contributed by atoms with Crippen molar-refractivity contribution in [2.24, 2.45) is 0 Å². The van der Waals surface area contributed by atoms with Gasteiger partial charge in [-0.2, -0.15) is 0 Å². The van der Waals surface area contributed by atoms with E-state index in [0.29, 0.717) is 11.2 Å². The highest BCUT2D eigenvalue weighted by Gasteiger charge is 2.23. The van der Waals surface area contributed by atoms with Crippen molar-refractivity contribution >= 4 is 11.8 Å². The van der Waals surface area contributed by atoms with Crippen molar-refractivity contribution in [3.8, 4) is 0 Å². The summed E-state index contributed by atoms with van der Waals surface area (Å²) in [6.07, 6.45) is 5.35. The molecular formula is C11H13NS. The molecule has 0 saturated carbocycles. The van der Waals surface area contributed by atoms with E-state index in [1.165, 1.54) is 12.1 Å². The van der Waals surface area contributed by atoms with Gasteiger partial charge in [-0.1, -0.05) is 19.1 Å². The second kappa shape index (κ2) is 3.97.